The fourth-order valence-electron chi connectivity index (χ4n) is 3.15. The van der Waals surface area contributed by atoms with Crippen molar-refractivity contribution in [2.24, 2.45) is 5.41 Å². The molecule has 0 spiro atoms. The highest BCUT2D eigenvalue weighted by atomic mass is 16.5. The lowest BCUT2D eigenvalue weighted by atomic mass is 9.82. The Kier molecular flexibility index (Phi) is 5.29. The number of carbonyl (C=O) groups excluding carboxylic acids is 1. The third-order valence-electron chi connectivity index (χ3n) is 4.75. The average molecular weight is 358 g/mol. The van der Waals surface area contributed by atoms with Gasteiger partial charge >= 0.3 is 5.97 Å². The van der Waals surface area contributed by atoms with E-state index in [1.165, 1.54) is 0 Å². The monoisotopic (exact) mass is 358 g/mol. The average Bonchev–Trinajstić information content (AvgIpc) is 3.11. The third-order valence-corrected chi connectivity index (χ3v) is 4.75. The number of carboxylic acid groups (broad SMARTS) is 1. The van der Waals surface area contributed by atoms with E-state index in [-0.39, 0.29) is 12.5 Å². The molecule has 3 heterocycles. The van der Waals surface area contributed by atoms with Crippen molar-refractivity contribution in [3.05, 3.63) is 30.4 Å². The molecule has 2 aromatic rings. The molecular formula is C18H22N4O4. The molecule has 1 aliphatic rings. The van der Waals surface area contributed by atoms with Crippen LogP contribution in [0.2, 0.25) is 0 Å². The Morgan fingerprint density at radius 1 is 1.35 bits per heavy atom. The molecule has 0 aliphatic carbocycles. The molecule has 0 saturated carbocycles. The van der Waals surface area contributed by atoms with Crippen molar-refractivity contribution in [2.45, 2.75) is 39.0 Å². The zero-order valence-electron chi connectivity index (χ0n) is 14.7. The highest BCUT2D eigenvalue weighted by Crippen LogP contribution is 2.30. The van der Waals surface area contributed by atoms with E-state index in [2.05, 4.69) is 15.1 Å². The van der Waals surface area contributed by atoms with Crippen molar-refractivity contribution >= 4 is 11.9 Å². The van der Waals surface area contributed by atoms with E-state index in [0.717, 1.165) is 5.56 Å². The van der Waals surface area contributed by atoms with Crippen LogP contribution >= 0.6 is 0 Å². The summed E-state index contributed by atoms with van der Waals surface area (Å²) in [5.74, 6) is 0.121. The molecule has 1 saturated heterocycles. The molecule has 0 unspecified atom stereocenters. The number of nitrogens with zero attached hydrogens (tertiary/aromatic N) is 4. The summed E-state index contributed by atoms with van der Waals surface area (Å²) in [6.45, 7) is 2.59. The van der Waals surface area contributed by atoms with Crippen molar-refractivity contribution in [3.8, 4) is 11.4 Å². The van der Waals surface area contributed by atoms with Crippen LogP contribution in [0.15, 0.2) is 29.0 Å². The van der Waals surface area contributed by atoms with Crippen LogP contribution in [0.3, 0.4) is 0 Å². The van der Waals surface area contributed by atoms with Gasteiger partial charge in [0.2, 0.25) is 17.6 Å². The van der Waals surface area contributed by atoms with Gasteiger partial charge in [0.25, 0.3) is 0 Å². The molecule has 1 fully saturated rings. The zero-order chi connectivity index (χ0) is 18.6. The van der Waals surface area contributed by atoms with E-state index in [1.54, 1.807) is 36.4 Å². The number of carbonyl (C=O) groups is 2. The highest BCUT2D eigenvalue weighted by molar-refractivity contribution is 5.79. The van der Waals surface area contributed by atoms with Crippen LogP contribution < -0.4 is 0 Å². The first-order chi connectivity index (χ1) is 12.5. The third kappa shape index (κ3) is 4.07. The Labute approximate surface area is 151 Å². The summed E-state index contributed by atoms with van der Waals surface area (Å²) in [4.78, 5) is 33.7. The number of aromatic nitrogens is 3. The van der Waals surface area contributed by atoms with Gasteiger partial charge in [0.1, 0.15) is 0 Å². The van der Waals surface area contributed by atoms with Crippen molar-refractivity contribution in [1.82, 2.24) is 20.0 Å². The number of carboxylic acids is 1. The predicted octanol–water partition coefficient (Wildman–Crippen LogP) is 2.17. The number of aryl methyl sites for hydroxylation is 1. The number of rotatable bonds is 6. The number of pyridine rings is 1. The zero-order valence-corrected chi connectivity index (χ0v) is 14.7. The second kappa shape index (κ2) is 7.63. The number of likely N-dealkylation sites (tertiary alicyclic amines) is 1. The standard InChI is InChI=1S/C18H22N4O4/c1-18(17(24)25)8-3-11-22(12-18)15(23)5-2-4-14-20-16(21-26-14)13-6-9-19-10-7-13/h6-7,9-10H,2-5,8,11-12H2,1H3,(H,24,25)/t18-/m1/s1. The minimum absolute atomic E-state index is 0.0222. The first kappa shape index (κ1) is 18.0. The molecule has 1 aliphatic heterocycles. The van der Waals surface area contributed by atoms with Crippen LogP contribution in [0.1, 0.15) is 38.5 Å². The molecular weight excluding hydrogens is 336 g/mol. The van der Waals surface area contributed by atoms with E-state index in [0.29, 0.717) is 50.4 Å². The number of hydrogen-bond acceptors (Lipinski definition) is 6. The topological polar surface area (TPSA) is 109 Å². The molecule has 0 radical (unpaired) electrons. The lowest BCUT2D eigenvalue weighted by Crippen LogP contribution is -2.48. The van der Waals surface area contributed by atoms with Crippen LogP contribution in [-0.2, 0) is 16.0 Å². The Bertz CT molecular complexity index is 777. The predicted molar refractivity (Wildman–Crippen MR) is 92.0 cm³/mol. The smallest absolute Gasteiger partial charge is 0.311 e. The van der Waals surface area contributed by atoms with E-state index >= 15 is 0 Å². The molecule has 2 aromatic heterocycles. The molecule has 8 nitrogen and oxygen atoms in total. The summed E-state index contributed by atoms with van der Waals surface area (Å²) in [5, 5.41) is 13.3. The normalized spacial score (nSPS) is 20.1. The second-order valence-corrected chi connectivity index (χ2v) is 6.89. The van der Waals surface area contributed by atoms with Gasteiger partial charge in [-0.3, -0.25) is 14.6 Å². The Balaban J connectivity index is 1.50. The van der Waals surface area contributed by atoms with Gasteiger partial charge in [-0.15, -0.1) is 0 Å². The molecule has 1 amide bonds. The van der Waals surface area contributed by atoms with E-state index in [1.807, 2.05) is 0 Å². The Morgan fingerprint density at radius 2 is 2.12 bits per heavy atom. The van der Waals surface area contributed by atoms with Gasteiger partial charge in [-0.25, -0.2) is 0 Å². The van der Waals surface area contributed by atoms with E-state index in [4.69, 9.17) is 4.52 Å². The summed E-state index contributed by atoms with van der Waals surface area (Å²) in [6, 6.07) is 3.60. The molecule has 1 N–H and O–H groups in total. The van der Waals surface area contributed by atoms with Gasteiger partial charge in [-0.05, 0) is 38.3 Å². The quantitative estimate of drug-likeness (QED) is 0.842. The number of hydrogen-bond donors (Lipinski definition) is 1. The lowest BCUT2D eigenvalue weighted by molar-refractivity contribution is -0.153. The second-order valence-electron chi connectivity index (χ2n) is 6.89. The van der Waals surface area contributed by atoms with Crippen molar-refractivity contribution < 1.29 is 19.2 Å². The molecule has 26 heavy (non-hydrogen) atoms. The van der Waals surface area contributed by atoms with Gasteiger partial charge < -0.3 is 14.5 Å². The SMILES string of the molecule is C[C@@]1(C(=O)O)CCCN(C(=O)CCCc2nc(-c3ccncc3)no2)C1. The summed E-state index contributed by atoms with van der Waals surface area (Å²) in [6.07, 6.45) is 6.06. The molecule has 138 valence electrons. The molecule has 1 atom stereocenters. The van der Waals surface area contributed by atoms with Crippen molar-refractivity contribution in [2.75, 3.05) is 13.1 Å². The van der Waals surface area contributed by atoms with Crippen LogP contribution in [0, 0.1) is 5.41 Å². The molecule has 3 rings (SSSR count). The van der Waals surface area contributed by atoms with E-state index in [9.17, 15) is 14.7 Å². The van der Waals surface area contributed by atoms with Gasteiger partial charge in [-0.2, -0.15) is 4.98 Å². The summed E-state index contributed by atoms with van der Waals surface area (Å²) < 4.78 is 5.23. The number of amides is 1. The lowest BCUT2D eigenvalue weighted by Gasteiger charge is -2.37. The number of piperidine rings is 1. The van der Waals surface area contributed by atoms with Gasteiger partial charge in [0, 0.05) is 43.9 Å². The molecule has 0 bridgehead atoms. The van der Waals surface area contributed by atoms with Crippen LogP contribution in [0.5, 0.6) is 0 Å². The van der Waals surface area contributed by atoms with Gasteiger partial charge in [0.05, 0.1) is 5.41 Å². The van der Waals surface area contributed by atoms with Crippen molar-refractivity contribution in [1.29, 1.82) is 0 Å². The largest absolute Gasteiger partial charge is 0.481 e. The maximum absolute atomic E-state index is 12.4. The van der Waals surface area contributed by atoms with E-state index < -0.39 is 11.4 Å². The van der Waals surface area contributed by atoms with Crippen molar-refractivity contribution in [3.63, 3.8) is 0 Å². The highest BCUT2D eigenvalue weighted by Gasteiger charge is 2.39. The maximum atomic E-state index is 12.4. The van der Waals surface area contributed by atoms with Gasteiger partial charge in [0.15, 0.2) is 0 Å². The summed E-state index contributed by atoms with van der Waals surface area (Å²) in [7, 11) is 0. The molecule has 8 heteroatoms. The van der Waals surface area contributed by atoms with Gasteiger partial charge in [-0.1, -0.05) is 5.16 Å². The Hall–Kier alpha value is -2.77. The van der Waals surface area contributed by atoms with Crippen LogP contribution in [-0.4, -0.2) is 50.1 Å². The minimum Gasteiger partial charge on any atom is -0.481 e. The number of aliphatic carboxylic acids is 1. The van der Waals surface area contributed by atoms with Crippen LogP contribution in [0.25, 0.3) is 11.4 Å². The fraction of sp³-hybridized carbons (Fsp3) is 0.500. The molecule has 0 aromatic carbocycles. The first-order valence-corrected chi connectivity index (χ1v) is 8.72. The minimum atomic E-state index is -0.847. The summed E-state index contributed by atoms with van der Waals surface area (Å²) in [5.41, 5.74) is -0.0211. The Morgan fingerprint density at radius 3 is 2.85 bits per heavy atom. The first-order valence-electron chi connectivity index (χ1n) is 8.72. The van der Waals surface area contributed by atoms with Crippen LogP contribution in [0.4, 0.5) is 0 Å². The summed E-state index contributed by atoms with van der Waals surface area (Å²) >= 11 is 0. The maximum Gasteiger partial charge on any atom is 0.311 e. The fourth-order valence-corrected chi connectivity index (χ4v) is 3.15.